The van der Waals surface area contributed by atoms with E-state index in [1.807, 2.05) is 13.0 Å². The molecule has 0 aromatic heterocycles. The summed E-state index contributed by atoms with van der Waals surface area (Å²) < 4.78 is 13.1. The minimum Gasteiger partial charge on any atom is -0.314 e. The third-order valence-electron chi connectivity index (χ3n) is 1.86. The van der Waals surface area contributed by atoms with Crippen LogP contribution >= 0.6 is 0 Å². The molecule has 0 aromatic rings. The molecule has 0 spiro atoms. The molecule has 0 aliphatic rings. The van der Waals surface area contributed by atoms with Gasteiger partial charge in [0.15, 0.2) is 0 Å². The van der Waals surface area contributed by atoms with Gasteiger partial charge in [0.05, 0.1) is 6.07 Å². The van der Waals surface area contributed by atoms with Gasteiger partial charge in [-0.25, -0.2) is 0 Å². The van der Waals surface area contributed by atoms with E-state index in [4.69, 9.17) is 5.26 Å². The minimum absolute atomic E-state index is 0.118. The molecule has 10 heavy (non-hydrogen) atoms. The van der Waals surface area contributed by atoms with Crippen LogP contribution in [0.3, 0.4) is 0 Å². The quantitative estimate of drug-likeness (QED) is 0.459. The average molecular weight is 159 g/mol. The third kappa shape index (κ3) is 3.62. The number of hydrogen-bond acceptors (Lipinski definition) is 1. The second-order valence-electron chi connectivity index (χ2n) is 3.16. The maximum absolute atomic E-state index is 13.1. The maximum atomic E-state index is 13.1. The van der Waals surface area contributed by atoms with Crippen LogP contribution in [-0.4, -0.2) is 8.41 Å². The number of rotatable bonds is 3. The third-order valence-corrected chi connectivity index (χ3v) is 4.49. The van der Waals surface area contributed by atoms with Crippen molar-refractivity contribution in [2.75, 3.05) is 0 Å². The summed E-state index contributed by atoms with van der Waals surface area (Å²) in [6, 6.07) is 2.03. The molecule has 1 atom stereocenters. The van der Waals surface area contributed by atoms with Crippen LogP contribution in [0, 0.1) is 11.3 Å². The van der Waals surface area contributed by atoms with E-state index in [1.54, 1.807) is 13.1 Å². The first-order valence-electron chi connectivity index (χ1n) is 3.54. The van der Waals surface area contributed by atoms with Crippen LogP contribution in [0.15, 0.2) is 0 Å². The molecule has 0 amide bonds. The summed E-state index contributed by atoms with van der Waals surface area (Å²) in [4.78, 5) is 0. The molecule has 0 N–H and O–H groups in total. The van der Waals surface area contributed by atoms with E-state index in [0.29, 0.717) is 12.8 Å². The Hall–Kier alpha value is -0.363. The smallest absolute Gasteiger partial charge is 0.243 e. The second kappa shape index (κ2) is 3.72. The minimum atomic E-state index is -2.45. The largest absolute Gasteiger partial charge is 0.314 e. The lowest BCUT2D eigenvalue weighted by Gasteiger charge is -2.18. The van der Waals surface area contributed by atoms with Gasteiger partial charge in [-0.2, -0.15) is 5.26 Å². The van der Waals surface area contributed by atoms with Crippen molar-refractivity contribution in [1.29, 1.82) is 5.26 Å². The number of nitrogens with zero attached hydrogens (tertiary/aromatic N) is 1. The normalized spacial score (nSPS) is 14.3. The molecule has 1 unspecified atom stereocenters. The highest BCUT2D eigenvalue weighted by Crippen LogP contribution is 2.26. The molecule has 0 saturated heterocycles. The van der Waals surface area contributed by atoms with Crippen LogP contribution in [-0.2, 0) is 0 Å². The van der Waals surface area contributed by atoms with Gasteiger partial charge in [-0.3, -0.25) is 0 Å². The van der Waals surface area contributed by atoms with E-state index in [9.17, 15) is 4.11 Å². The second-order valence-corrected chi connectivity index (χ2v) is 7.28. The summed E-state index contributed by atoms with van der Waals surface area (Å²) in [5, 5.41) is 8.22. The van der Waals surface area contributed by atoms with Crippen molar-refractivity contribution in [2.45, 2.75) is 38.4 Å². The molecule has 0 aromatic carbocycles. The molecule has 0 bridgehead atoms. The molecule has 0 radical (unpaired) electrons. The van der Waals surface area contributed by atoms with Gasteiger partial charge in [-0.15, -0.1) is 0 Å². The lowest BCUT2D eigenvalue weighted by atomic mass is 10.3. The fraction of sp³-hybridized carbons (Fsp3) is 0.857. The van der Waals surface area contributed by atoms with E-state index < -0.39 is 8.41 Å². The lowest BCUT2D eigenvalue weighted by Crippen LogP contribution is -2.24. The van der Waals surface area contributed by atoms with E-state index in [-0.39, 0.29) is 5.54 Å². The molecule has 0 fully saturated rings. The summed E-state index contributed by atoms with van der Waals surface area (Å²) in [6.07, 6.45) is 1.20. The van der Waals surface area contributed by atoms with Crippen LogP contribution in [0.4, 0.5) is 4.11 Å². The van der Waals surface area contributed by atoms with Crippen molar-refractivity contribution >= 4 is 8.41 Å². The highest BCUT2D eigenvalue weighted by molar-refractivity contribution is 6.71. The molecular weight excluding hydrogens is 145 g/mol. The van der Waals surface area contributed by atoms with E-state index in [1.165, 1.54) is 0 Å². The molecule has 58 valence electrons. The molecule has 3 heteroatoms. The Balaban J connectivity index is 3.65. The Bertz CT molecular complexity index is 134. The van der Waals surface area contributed by atoms with E-state index >= 15 is 0 Å². The first-order chi connectivity index (χ1) is 4.48. The molecular formula is C7H14FNSi. The van der Waals surface area contributed by atoms with E-state index in [0.717, 1.165) is 0 Å². The zero-order valence-electron chi connectivity index (χ0n) is 6.82. The van der Waals surface area contributed by atoms with Gasteiger partial charge < -0.3 is 4.11 Å². The van der Waals surface area contributed by atoms with Gasteiger partial charge in [0.2, 0.25) is 8.41 Å². The maximum Gasteiger partial charge on any atom is 0.243 e. The SMILES string of the molecule is CC(CCC#N)[Si](C)(C)F. The van der Waals surface area contributed by atoms with Crippen molar-refractivity contribution in [2.24, 2.45) is 0 Å². The first-order valence-corrected chi connectivity index (χ1v) is 6.50. The highest BCUT2D eigenvalue weighted by atomic mass is 28.4. The fourth-order valence-electron chi connectivity index (χ4n) is 0.624. The van der Waals surface area contributed by atoms with Crippen molar-refractivity contribution < 1.29 is 4.11 Å². The molecule has 0 saturated carbocycles. The Kier molecular flexibility index (Phi) is 3.58. The highest BCUT2D eigenvalue weighted by Gasteiger charge is 2.28. The summed E-state index contributed by atoms with van der Waals surface area (Å²) in [6.45, 7) is 5.27. The first kappa shape index (κ1) is 9.64. The van der Waals surface area contributed by atoms with Gasteiger partial charge in [0.1, 0.15) is 0 Å². The molecule has 0 rings (SSSR count). The van der Waals surface area contributed by atoms with Gasteiger partial charge in [0, 0.05) is 6.42 Å². The van der Waals surface area contributed by atoms with E-state index in [2.05, 4.69) is 0 Å². The molecule has 0 aliphatic carbocycles. The van der Waals surface area contributed by atoms with Crippen LogP contribution in [0.1, 0.15) is 19.8 Å². The Morgan fingerprint density at radius 1 is 1.60 bits per heavy atom. The lowest BCUT2D eigenvalue weighted by molar-refractivity contribution is 0.685. The zero-order valence-corrected chi connectivity index (χ0v) is 7.82. The Morgan fingerprint density at radius 3 is 2.40 bits per heavy atom. The van der Waals surface area contributed by atoms with Crippen LogP contribution in [0.5, 0.6) is 0 Å². The summed E-state index contributed by atoms with van der Waals surface area (Å²) in [5.41, 5.74) is 0.118. The predicted octanol–water partition coefficient (Wildman–Crippen LogP) is 2.85. The number of halogens is 1. The Morgan fingerprint density at radius 2 is 2.10 bits per heavy atom. The van der Waals surface area contributed by atoms with Gasteiger partial charge in [0.25, 0.3) is 0 Å². The number of hydrogen-bond donors (Lipinski definition) is 0. The summed E-state index contributed by atoms with van der Waals surface area (Å²) >= 11 is 0. The van der Waals surface area contributed by atoms with Crippen molar-refractivity contribution in [3.8, 4) is 6.07 Å². The van der Waals surface area contributed by atoms with Gasteiger partial charge in [-0.1, -0.05) is 6.92 Å². The molecule has 0 heterocycles. The summed E-state index contributed by atoms with van der Waals surface area (Å²) in [7, 11) is -2.45. The summed E-state index contributed by atoms with van der Waals surface area (Å²) in [5.74, 6) is 0. The standard InChI is InChI=1S/C7H14FNSi/c1-7(5-4-6-9)10(2,3)8/h7H,4-5H2,1-3H3. The molecule has 1 nitrogen and oxygen atoms in total. The van der Waals surface area contributed by atoms with Crippen molar-refractivity contribution in [3.05, 3.63) is 0 Å². The van der Waals surface area contributed by atoms with Crippen LogP contribution in [0.2, 0.25) is 18.6 Å². The number of nitriles is 1. The van der Waals surface area contributed by atoms with Gasteiger partial charge >= 0.3 is 0 Å². The zero-order chi connectivity index (χ0) is 8.20. The monoisotopic (exact) mass is 159 g/mol. The van der Waals surface area contributed by atoms with Gasteiger partial charge in [-0.05, 0) is 25.1 Å². The predicted molar refractivity (Wildman–Crippen MR) is 42.9 cm³/mol. The average Bonchev–Trinajstić information content (AvgIpc) is 1.80. The van der Waals surface area contributed by atoms with Crippen molar-refractivity contribution in [3.63, 3.8) is 0 Å². The fourth-order valence-corrected chi connectivity index (χ4v) is 1.46. The van der Waals surface area contributed by atoms with Crippen molar-refractivity contribution in [1.82, 2.24) is 0 Å². The molecule has 0 aliphatic heterocycles. The Labute approximate surface area is 63.0 Å². The van der Waals surface area contributed by atoms with Crippen LogP contribution in [0.25, 0.3) is 0 Å². The topological polar surface area (TPSA) is 23.8 Å². The van der Waals surface area contributed by atoms with Crippen LogP contribution < -0.4 is 0 Å².